The van der Waals surface area contributed by atoms with Crippen molar-refractivity contribution in [2.75, 3.05) is 0 Å². The van der Waals surface area contributed by atoms with E-state index in [-0.39, 0.29) is 0 Å². The van der Waals surface area contributed by atoms with E-state index >= 15 is 0 Å². The molecular formula is C29H20N2O2. The molecule has 0 fully saturated rings. The van der Waals surface area contributed by atoms with Crippen LogP contribution in [0.4, 0.5) is 0 Å². The van der Waals surface area contributed by atoms with E-state index in [9.17, 15) is 0 Å². The fraction of sp³-hybridized carbons (Fsp3) is 0.0345. The summed E-state index contributed by atoms with van der Waals surface area (Å²) >= 11 is 0. The number of oxazole rings is 2. The lowest BCUT2D eigenvalue weighted by Crippen LogP contribution is -1.87. The Labute approximate surface area is 190 Å². The van der Waals surface area contributed by atoms with Crippen molar-refractivity contribution in [3.05, 3.63) is 114 Å². The highest BCUT2D eigenvalue weighted by molar-refractivity contribution is 5.81. The molecular weight excluding hydrogens is 408 g/mol. The van der Waals surface area contributed by atoms with Crippen molar-refractivity contribution in [2.24, 2.45) is 0 Å². The first kappa shape index (κ1) is 19.3. The van der Waals surface area contributed by atoms with Gasteiger partial charge in [-0.25, -0.2) is 9.97 Å². The highest BCUT2D eigenvalue weighted by Crippen LogP contribution is 2.30. The van der Waals surface area contributed by atoms with Gasteiger partial charge in [0.1, 0.15) is 11.0 Å². The molecule has 0 amide bonds. The van der Waals surface area contributed by atoms with Gasteiger partial charge in [0.2, 0.25) is 11.8 Å². The van der Waals surface area contributed by atoms with Crippen molar-refractivity contribution < 1.29 is 8.83 Å². The van der Waals surface area contributed by atoms with Gasteiger partial charge < -0.3 is 8.83 Å². The van der Waals surface area contributed by atoms with Gasteiger partial charge in [0, 0.05) is 11.1 Å². The highest BCUT2D eigenvalue weighted by Gasteiger charge is 2.11. The number of hydrogen-bond acceptors (Lipinski definition) is 4. The molecule has 33 heavy (non-hydrogen) atoms. The minimum Gasteiger partial charge on any atom is -0.436 e. The molecule has 0 saturated heterocycles. The lowest BCUT2D eigenvalue weighted by Gasteiger charge is -2.07. The van der Waals surface area contributed by atoms with Crippen LogP contribution < -0.4 is 0 Å². The van der Waals surface area contributed by atoms with Crippen molar-refractivity contribution >= 4 is 27.8 Å². The van der Waals surface area contributed by atoms with E-state index in [1.54, 1.807) is 0 Å². The normalized spacial score (nSPS) is 11.3. The molecule has 0 aliphatic carbocycles. The van der Waals surface area contributed by atoms with Gasteiger partial charge in [-0.1, -0.05) is 49.0 Å². The van der Waals surface area contributed by atoms with Crippen LogP contribution in [0.5, 0.6) is 0 Å². The van der Waals surface area contributed by atoms with Crippen LogP contribution in [0.15, 0.2) is 106 Å². The summed E-state index contributed by atoms with van der Waals surface area (Å²) in [7, 11) is 0. The third-order valence-electron chi connectivity index (χ3n) is 5.80. The molecule has 6 aromatic rings. The molecule has 0 spiro atoms. The summed E-state index contributed by atoms with van der Waals surface area (Å²) in [5, 5.41) is 0. The Morgan fingerprint density at radius 1 is 0.636 bits per heavy atom. The Kier molecular flexibility index (Phi) is 4.44. The maximum absolute atomic E-state index is 5.92. The van der Waals surface area contributed by atoms with E-state index in [0.717, 1.165) is 55.6 Å². The first-order valence-corrected chi connectivity index (χ1v) is 10.8. The first-order chi connectivity index (χ1) is 16.1. The third kappa shape index (κ3) is 3.52. The van der Waals surface area contributed by atoms with E-state index in [2.05, 4.69) is 16.5 Å². The average molecular weight is 428 g/mol. The molecule has 158 valence electrons. The SMILES string of the molecule is C=C(c1ccc(-c2nc3ccccc3o2)cc1)c1ccc(-c2nc3cc(C)ccc3o2)cc1. The number of aromatic nitrogens is 2. The standard InChI is InChI=1S/C29H20N2O2/c1-18-7-16-27-25(17-18)31-29(33-27)23-14-10-21(11-15-23)19(2)20-8-12-22(13-9-20)28-30-24-5-3-4-6-26(24)32-28/h3-17H,2H2,1H3. The quantitative estimate of drug-likeness (QED) is 0.289. The summed E-state index contributed by atoms with van der Waals surface area (Å²) in [6, 6.07) is 30.0. The van der Waals surface area contributed by atoms with Gasteiger partial charge in [-0.3, -0.25) is 0 Å². The van der Waals surface area contributed by atoms with Gasteiger partial charge in [0.05, 0.1) is 0 Å². The molecule has 4 aromatic carbocycles. The van der Waals surface area contributed by atoms with Crippen LogP contribution in [-0.2, 0) is 0 Å². The van der Waals surface area contributed by atoms with Crippen LogP contribution in [0, 0.1) is 6.92 Å². The topological polar surface area (TPSA) is 52.1 Å². The Hall–Kier alpha value is -4.44. The van der Waals surface area contributed by atoms with Crippen LogP contribution in [0.25, 0.3) is 50.7 Å². The van der Waals surface area contributed by atoms with Crippen LogP contribution in [0.1, 0.15) is 16.7 Å². The first-order valence-electron chi connectivity index (χ1n) is 10.8. The fourth-order valence-electron chi connectivity index (χ4n) is 3.95. The van der Waals surface area contributed by atoms with E-state index in [4.69, 9.17) is 8.83 Å². The Bertz CT molecular complexity index is 1590. The summed E-state index contributed by atoms with van der Waals surface area (Å²) in [6.07, 6.45) is 0. The van der Waals surface area contributed by atoms with E-state index < -0.39 is 0 Å². The number of para-hydroxylation sites is 2. The minimum absolute atomic E-state index is 0.617. The molecule has 4 nitrogen and oxygen atoms in total. The number of rotatable bonds is 4. The smallest absolute Gasteiger partial charge is 0.227 e. The second-order valence-corrected chi connectivity index (χ2v) is 8.11. The van der Waals surface area contributed by atoms with Gasteiger partial charge in [0.15, 0.2) is 11.2 Å². The number of nitrogens with zero attached hydrogens (tertiary/aromatic N) is 2. The van der Waals surface area contributed by atoms with Crippen LogP contribution >= 0.6 is 0 Å². The predicted octanol–water partition coefficient (Wildman–Crippen LogP) is 7.67. The summed E-state index contributed by atoms with van der Waals surface area (Å²) in [6.45, 7) is 6.35. The van der Waals surface area contributed by atoms with Gasteiger partial charge in [-0.15, -0.1) is 0 Å². The van der Waals surface area contributed by atoms with Crippen LogP contribution in [0.3, 0.4) is 0 Å². The third-order valence-corrected chi connectivity index (χ3v) is 5.80. The lowest BCUT2D eigenvalue weighted by atomic mass is 9.97. The molecule has 0 N–H and O–H groups in total. The number of hydrogen-bond donors (Lipinski definition) is 0. The maximum Gasteiger partial charge on any atom is 0.227 e. The zero-order valence-corrected chi connectivity index (χ0v) is 18.1. The molecule has 0 saturated carbocycles. The van der Waals surface area contributed by atoms with Crippen molar-refractivity contribution in [3.8, 4) is 22.9 Å². The second-order valence-electron chi connectivity index (χ2n) is 8.11. The van der Waals surface area contributed by atoms with Crippen molar-refractivity contribution in [2.45, 2.75) is 6.92 Å². The molecule has 6 rings (SSSR count). The monoisotopic (exact) mass is 428 g/mol. The van der Waals surface area contributed by atoms with Gasteiger partial charge in [-0.05, 0) is 77.7 Å². The highest BCUT2D eigenvalue weighted by atomic mass is 16.4. The molecule has 0 unspecified atom stereocenters. The molecule has 2 aromatic heterocycles. The van der Waals surface area contributed by atoms with Crippen molar-refractivity contribution in [1.29, 1.82) is 0 Å². The van der Waals surface area contributed by atoms with Crippen molar-refractivity contribution in [1.82, 2.24) is 9.97 Å². The summed E-state index contributed by atoms with van der Waals surface area (Å²) < 4.78 is 11.8. The largest absolute Gasteiger partial charge is 0.436 e. The Balaban J connectivity index is 1.24. The number of fused-ring (bicyclic) bond motifs is 2. The van der Waals surface area contributed by atoms with Crippen LogP contribution in [0.2, 0.25) is 0 Å². The van der Waals surface area contributed by atoms with Gasteiger partial charge >= 0.3 is 0 Å². The summed E-state index contributed by atoms with van der Waals surface area (Å²) in [4.78, 5) is 9.20. The zero-order valence-electron chi connectivity index (χ0n) is 18.1. The fourth-order valence-corrected chi connectivity index (χ4v) is 3.95. The minimum atomic E-state index is 0.617. The molecule has 2 heterocycles. The molecule has 0 atom stereocenters. The Morgan fingerprint density at radius 3 is 1.79 bits per heavy atom. The molecule has 0 bridgehead atoms. The molecule has 0 aliphatic rings. The average Bonchev–Trinajstić information content (AvgIpc) is 3.48. The van der Waals surface area contributed by atoms with Crippen LogP contribution in [-0.4, -0.2) is 9.97 Å². The predicted molar refractivity (Wildman–Crippen MR) is 132 cm³/mol. The molecule has 0 aliphatic heterocycles. The molecule has 0 radical (unpaired) electrons. The van der Waals surface area contributed by atoms with E-state index in [1.807, 2.05) is 97.9 Å². The Morgan fingerprint density at radius 2 is 1.18 bits per heavy atom. The van der Waals surface area contributed by atoms with E-state index in [1.165, 1.54) is 0 Å². The maximum atomic E-state index is 5.92. The number of benzene rings is 4. The summed E-state index contributed by atoms with van der Waals surface area (Å²) in [5.41, 5.74) is 9.37. The second kappa shape index (κ2) is 7.61. The molecule has 4 heteroatoms. The summed E-state index contributed by atoms with van der Waals surface area (Å²) in [5.74, 6) is 1.24. The van der Waals surface area contributed by atoms with Gasteiger partial charge in [-0.2, -0.15) is 0 Å². The van der Waals surface area contributed by atoms with E-state index in [0.29, 0.717) is 11.8 Å². The lowest BCUT2D eigenvalue weighted by molar-refractivity contribution is 0.619. The van der Waals surface area contributed by atoms with Crippen molar-refractivity contribution in [3.63, 3.8) is 0 Å². The number of aryl methyl sites for hydroxylation is 1. The zero-order chi connectivity index (χ0) is 22.4. The van der Waals surface area contributed by atoms with Gasteiger partial charge in [0.25, 0.3) is 0 Å².